The summed E-state index contributed by atoms with van der Waals surface area (Å²) in [6.45, 7) is 3.43. The van der Waals surface area contributed by atoms with Crippen LogP contribution in [0.15, 0.2) is 54.6 Å². The van der Waals surface area contributed by atoms with Crippen LogP contribution in [0.25, 0.3) is 11.0 Å². The Morgan fingerprint density at radius 2 is 1.83 bits per heavy atom. The summed E-state index contributed by atoms with van der Waals surface area (Å²) in [5.41, 5.74) is 8.07. The Morgan fingerprint density at radius 3 is 2.61 bits per heavy atom. The van der Waals surface area contributed by atoms with Crippen LogP contribution in [0.5, 0.6) is 5.75 Å². The van der Waals surface area contributed by atoms with Gasteiger partial charge in [0.1, 0.15) is 11.6 Å². The molecule has 2 aromatic carbocycles. The Balaban J connectivity index is 1.69. The Labute approximate surface area is 136 Å². The van der Waals surface area contributed by atoms with E-state index in [1.54, 1.807) is 0 Å². The number of imidazole rings is 1. The lowest BCUT2D eigenvalue weighted by Gasteiger charge is -2.15. The van der Waals surface area contributed by atoms with Gasteiger partial charge in [0.15, 0.2) is 0 Å². The number of ether oxygens (including phenoxy) is 1. The highest BCUT2D eigenvalue weighted by atomic mass is 16.5. The van der Waals surface area contributed by atoms with Gasteiger partial charge in [0, 0.05) is 19.0 Å². The fourth-order valence-electron chi connectivity index (χ4n) is 2.80. The minimum Gasteiger partial charge on any atom is -0.494 e. The zero-order chi connectivity index (χ0) is 16.1. The fraction of sp³-hybridized carbons (Fsp3) is 0.316. The van der Waals surface area contributed by atoms with Gasteiger partial charge in [-0.1, -0.05) is 30.3 Å². The second-order valence-corrected chi connectivity index (χ2v) is 5.74. The number of hydrogen-bond donors (Lipinski definition) is 1. The number of para-hydroxylation sites is 3. The van der Waals surface area contributed by atoms with E-state index in [1.165, 1.54) is 0 Å². The summed E-state index contributed by atoms with van der Waals surface area (Å²) in [4.78, 5) is 4.78. The molecule has 0 amide bonds. The molecule has 0 saturated carbocycles. The molecule has 0 aliphatic carbocycles. The first-order chi connectivity index (χ1) is 11.3. The van der Waals surface area contributed by atoms with Crippen molar-refractivity contribution in [3.63, 3.8) is 0 Å². The highest BCUT2D eigenvalue weighted by Gasteiger charge is 2.14. The summed E-state index contributed by atoms with van der Waals surface area (Å²) >= 11 is 0. The molecule has 0 aliphatic rings. The van der Waals surface area contributed by atoms with Crippen molar-refractivity contribution < 1.29 is 4.74 Å². The van der Waals surface area contributed by atoms with E-state index in [4.69, 9.17) is 15.5 Å². The van der Waals surface area contributed by atoms with Crippen LogP contribution in [0.1, 0.15) is 25.2 Å². The Morgan fingerprint density at radius 1 is 1.09 bits per heavy atom. The minimum atomic E-state index is 0.243. The summed E-state index contributed by atoms with van der Waals surface area (Å²) in [5.74, 6) is 2.00. The van der Waals surface area contributed by atoms with E-state index >= 15 is 0 Å². The molecule has 1 unspecified atom stereocenters. The van der Waals surface area contributed by atoms with Gasteiger partial charge >= 0.3 is 0 Å². The number of aromatic nitrogens is 2. The van der Waals surface area contributed by atoms with Crippen LogP contribution in [-0.4, -0.2) is 22.7 Å². The second kappa shape index (κ2) is 7.29. The maximum atomic E-state index is 5.88. The second-order valence-electron chi connectivity index (χ2n) is 5.74. The van der Waals surface area contributed by atoms with Crippen LogP contribution in [-0.2, 0) is 6.42 Å². The molecular weight excluding hydrogens is 286 g/mol. The zero-order valence-corrected chi connectivity index (χ0v) is 13.5. The van der Waals surface area contributed by atoms with Gasteiger partial charge in [-0.2, -0.15) is 0 Å². The van der Waals surface area contributed by atoms with Gasteiger partial charge in [0.25, 0.3) is 0 Å². The van der Waals surface area contributed by atoms with Crippen LogP contribution in [0.4, 0.5) is 0 Å². The molecule has 4 heteroatoms. The highest BCUT2D eigenvalue weighted by Crippen LogP contribution is 2.21. The van der Waals surface area contributed by atoms with Crippen LogP contribution in [0.2, 0.25) is 0 Å². The monoisotopic (exact) mass is 309 g/mol. The number of rotatable bonds is 7. The molecule has 1 atom stereocenters. The molecule has 4 nitrogen and oxygen atoms in total. The first kappa shape index (κ1) is 15.6. The van der Waals surface area contributed by atoms with Gasteiger partial charge < -0.3 is 15.0 Å². The van der Waals surface area contributed by atoms with Crippen LogP contribution in [0.3, 0.4) is 0 Å². The molecule has 0 fully saturated rings. The SMILES string of the molecule is CC(CN)n1c(CCCOc2ccccc2)nc2ccccc21. The van der Waals surface area contributed by atoms with Crippen molar-refractivity contribution in [2.75, 3.05) is 13.2 Å². The third-order valence-corrected chi connectivity index (χ3v) is 4.01. The van der Waals surface area contributed by atoms with Crippen molar-refractivity contribution in [1.82, 2.24) is 9.55 Å². The summed E-state index contributed by atoms with van der Waals surface area (Å²) in [6, 6.07) is 18.4. The van der Waals surface area contributed by atoms with Gasteiger partial charge in [0.2, 0.25) is 0 Å². The van der Waals surface area contributed by atoms with Crippen molar-refractivity contribution in [3.05, 3.63) is 60.4 Å². The largest absolute Gasteiger partial charge is 0.494 e. The van der Waals surface area contributed by atoms with E-state index in [-0.39, 0.29) is 6.04 Å². The third-order valence-electron chi connectivity index (χ3n) is 4.01. The fourth-order valence-corrected chi connectivity index (χ4v) is 2.80. The lowest BCUT2D eigenvalue weighted by molar-refractivity contribution is 0.308. The molecule has 1 aromatic heterocycles. The summed E-state index contributed by atoms with van der Waals surface area (Å²) < 4.78 is 8.03. The average Bonchev–Trinajstić information content (AvgIpc) is 2.97. The minimum absolute atomic E-state index is 0.243. The number of nitrogens with two attached hydrogens (primary N) is 1. The quantitative estimate of drug-likeness (QED) is 0.679. The molecule has 0 radical (unpaired) electrons. The number of fused-ring (bicyclic) bond motifs is 1. The number of benzene rings is 2. The molecule has 1 heterocycles. The smallest absolute Gasteiger partial charge is 0.119 e. The first-order valence-electron chi connectivity index (χ1n) is 8.13. The average molecular weight is 309 g/mol. The normalized spacial score (nSPS) is 12.4. The molecule has 0 saturated heterocycles. The maximum Gasteiger partial charge on any atom is 0.119 e. The topological polar surface area (TPSA) is 53.1 Å². The van der Waals surface area contributed by atoms with Crippen molar-refractivity contribution in [2.24, 2.45) is 5.73 Å². The van der Waals surface area contributed by atoms with E-state index < -0.39 is 0 Å². The van der Waals surface area contributed by atoms with Gasteiger partial charge in [0.05, 0.1) is 17.6 Å². The third kappa shape index (κ3) is 3.54. The molecule has 120 valence electrons. The summed E-state index contributed by atoms with van der Waals surface area (Å²) in [6.07, 6.45) is 1.81. The van der Waals surface area contributed by atoms with Crippen LogP contribution < -0.4 is 10.5 Å². The molecule has 0 bridgehead atoms. The van der Waals surface area contributed by atoms with Gasteiger partial charge in [-0.3, -0.25) is 0 Å². The zero-order valence-electron chi connectivity index (χ0n) is 13.5. The maximum absolute atomic E-state index is 5.88. The van der Waals surface area contributed by atoms with Crippen LogP contribution in [0, 0.1) is 0 Å². The van der Waals surface area contributed by atoms with Gasteiger partial charge in [-0.25, -0.2) is 4.98 Å². The predicted molar refractivity (Wildman–Crippen MR) is 93.8 cm³/mol. The Kier molecular flexibility index (Phi) is 4.93. The lowest BCUT2D eigenvalue weighted by Crippen LogP contribution is -2.18. The number of hydrogen-bond acceptors (Lipinski definition) is 3. The molecular formula is C19H23N3O. The van der Waals surface area contributed by atoms with Crippen molar-refractivity contribution in [3.8, 4) is 5.75 Å². The highest BCUT2D eigenvalue weighted by molar-refractivity contribution is 5.76. The van der Waals surface area contributed by atoms with E-state index in [2.05, 4.69) is 23.6 Å². The van der Waals surface area contributed by atoms with E-state index in [9.17, 15) is 0 Å². The molecule has 23 heavy (non-hydrogen) atoms. The predicted octanol–water partition coefficient (Wildman–Crippen LogP) is 3.57. The molecule has 3 rings (SSSR count). The number of nitrogens with zero attached hydrogens (tertiary/aromatic N) is 2. The van der Waals surface area contributed by atoms with E-state index in [0.29, 0.717) is 13.2 Å². The lowest BCUT2D eigenvalue weighted by atomic mass is 10.2. The van der Waals surface area contributed by atoms with Crippen LogP contribution >= 0.6 is 0 Å². The molecule has 2 N–H and O–H groups in total. The molecule has 3 aromatic rings. The molecule has 0 spiro atoms. The Bertz CT molecular complexity index is 752. The van der Waals surface area contributed by atoms with E-state index in [1.807, 2.05) is 42.5 Å². The van der Waals surface area contributed by atoms with Crippen molar-refractivity contribution >= 4 is 11.0 Å². The standard InChI is InChI=1S/C19H23N3O/c1-15(14-20)22-18-11-6-5-10-17(18)21-19(22)12-7-13-23-16-8-3-2-4-9-16/h2-6,8-11,15H,7,12-14,20H2,1H3. The van der Waals surface area contributed by atoms with Crippen molar-refractivity contribution in [2.45, 2.75) is 25.8 Å². The van der Waals surface area contributed by atoms with E-state index in [0.717, 1.165) is 35.4 Å². The number of aryl methyl sites for hydroxylation is 1. The van der Waals surface area contributed by atoms with Crippen molar-refractivity contribution in [1.29, 1.82) is 0 Å². The first-order valence-corrected chi connectivity index (χ1v) is 8.13. The van der Waals surface area contributed by atoms with Gasteiger partial charge in [-0.05, 0) is 37.6 Å². The Hall–Kier alpha value is -2.33. The van der Waals surface area contributed by atoms with Gasteiger partial charge in [-0.15, -0.1) is 0 Å². The molecule has 0 aliphatic heterocycles. The summed E-state index contributed by atoms with van der Waals surface area (Å²) in [5, 5.41) is 0. The summed E-state index contributed by atoms with van der Waals surface area (Å²) in [7, 11) is 0.